The van der Waals surface area contributed by atoms with Gasteiger partial charge in [0.25, 0.3) is 0 Å². The Kier molecular flexibility index (Phi) is 7.15. The molecule has 0 fully saturated rings. The Balaban J connectivity index is 0.000000557. The molecule has 17 heavy (non-hydrogen) atoms. The Morgan fingerprint density at radius 3 is 2.29 bits per heavy atom. The van der Waals surface area contributed by atoms with Crippen LogP contribution in [0, 0.1) is 6.92 Å². The zero-order valence-corrected chi connectivity index (χ0v) is 11.2. The van der Waals surface area contributed by atoms with Crippen molar-refractivity contribution < 1.29 is 26.9 Å². The zero-order valence-electron chi connectivity index (χ0n) is 9.55. The first-order chi connectivity index (χ1) is 7.93. The first-order valence-corrected chi connectivity index (χ1v) is 6.37. The Hall–Kier alpha value is -1.41. The normalized spacial score (nSPS) is 8.88. The van der Waals surface area contributed by atoms with Crippen LogP contribution in [0.1, 0.15) is 22.8 Å². The van der Waals surface area contributed by atoms with Crippen LogP contribution < -0.4 is 4.74 Å². The van der Waals surface area contributed by atoms with Crippen LogP contribution in [0.2, 0.25) is 0 Å². The molecule has 1 aromatic heterocycles. The molecule has 0 bridgehead atoms. The lowest BCUT2D eigenvalue weighted by Crippen LogP contribution is -2.04. The fraction of sp³-hybridized carbons (Fsp3) is 0.444. The quantitative estimate of drug-likeness (QED) is 0.774. The smallest absolute Gasteiger partial charge is 0.425 e. The summed E-state index contributed by atoms with van der Waals surface area (Å²) in [7, 11) is -1.52. The third-order valence-electron chi connectivity index (χ3n) is 1.67. The zero-order chi connectivity index (χ0) is 13.4. The molecule has 0 N–H and O–H groups in total. The van der Waals surface area contributed by atoms with E-state index in [2.05, 4.69) is 0 Å². The van der Waals surface area contributed by atoms with Gasteiger partial charge in [-0.3, -0.25) is 0 Å². The standard InChI is InChI=1S/C9H12O3S.O3S/c1-4-12-8(10)7-5-13-9(11-3)6(7)2;1-4(2)3/h5H,4H2,1-3H3;. The second-order valence-corrected chi connectivity index (χ2v) is 3.94. The lowest BCUT2D eigenvalue weighted by molar-refractivity contribution is 0.0526. The molecule has 0 atom stereocenters. The summed E-state index contributed by atoms with van der Waals surface area (Å²) in [4.78, 5) is 11.3. The number of rotatable bonds is 3. The van der Waals surface area contributed by atoms with Gasteiger partial charge in [0.2, 0.25) is 0 Å². The highest BCUT2D eigenvalue weighted by Crippen LogP contribution is 2.29. The number of esters is 1. The van der Waals surface area contributed by atoms with E-state index in [1.165, 1.54) is 11.3 Å². The molecule has 0 aliphatic carbocycles. The van der Waals surface area contributed by atoms with Gasteiger partial charge in [-0.25, -0.2) is 4.79 Å². The maximum Gasteiger partial charge on any atom is 0.425 e. The predicted octanol–water partition coefficient (Wildman–Crippen LogP) is 1.24. The Morgan fingerprint density at radius 2 is 1.94 bits per heavy atom. The molecule has 0 spiro atoms. The molecule has 0 aliphatic rings. The van der Waals surface area contributed by atoms with Crippen LogP contribution in [0.15, 0.2) is 5.38 Å². The van der Waals surface area contributed by atoms with Crippen molar-refractivity contribution in [2.45, 2.75) is 13.8 Å². The summed E-state index contributed by atoms with van der Waals surface area (Å²) in [6, 6.07) is 0. The molecule has 0 aliphatic heterocycles. The summed E-state index contributed by atoms with van der Waals surface area (Å²) in [6.07, 6.45) is 0. The van der Waals surface area contributed by atoms with Crippen LogP contribution in [-0.2, 0) is 15.3 Å². The van der Waals surface area contributed by atoms with Gasteiger partial charge in [-0.1, -0.05) is 0 Å². The van der Waals surface area contributed by atoms with Crippen LogP contribution in [-0.4, -0.2) is 32.3 Å². The summed E-state index contributed by atoms with van der Waals surface area (Å²) in [5.74, 6) is -0.278. The Bertz CT molecular complexity index is 466. The van der Waals surface area contributed by atoms with Gasteiger partial charge in [-0.15, -0.1) is 24.0 Å². The SMILES string of the molecule is CCOC(=O)c1csc(OC)c1C.O=S(=O)=O. The van der Waals surface area contributed by atoms with Crippen LogP contribution in [0.4, 0.5) is 0 Å². The van der Waals surface area contributed by atoms with E-state index in [1.807, 2.05) is 6.92 Å². The third kappa shape index (κ3) is 5.45. The van der Waals surface area contributed by atoms with Gasteiger partial charge in [0.05, 0.1) is 19.3 Å². The topological polar surface area (TPSA) is 86.7 Å². The molecule has 1 rings (SSSR count). The number of thiophene rings is 1. The van der Waals surface area contributed by atoms with Crippen molar-refractivity contribution in [3.8, 4) is 5.06 Å². The first-order valence-electron chi connectivity index (χ1n) is 4.49. The number of hydrogen-bond acceptors (Lipinski definition) is 7. The number of ether oxygens (including phenoxy) is 2. The van der Waals surface area contributed by atoms with E-state index in [-0.39, 0.29) is 5.97 Å². The van der Waals surface area contributed by atoms with Crippen LogP contribution >= 0.6 is 11.3 Å². The minimum Gasteiger partial charge on any atom is -0.487 e. The molecule has 0 amide bonds. The average molecular weight is 280 g/mol. The van der Waals surface area contributed by atoms with E-state index >= 15 is 0 Å². The van der Waals surface area contributed by atoms with Gasteiger partial charge in [0.15, 0.2) is 5.06 Å². The molecule has 0 unspecified atom stereocenters. The third-order valence-corrected chi connectivity index (χ3v) is 2.72. The molecule has 0 aromatic carbocycles. The number of carbonyl (C=O) groups excluding carboxylic acids is 1. The summed E-state index contributed by atoms with van der Waals surface area (Å²) in [6.45, 7) is 4.04. The second-order valence-electron chi connectivity index (χ2n) is 2.69. The first kappa shape index (κ1) is 15.6. The molecule has 0 radical (unpaired) electrons. The van der Waals surface area contributed by atoms with Crippen molar-refractivity contribution in [2.75, 3.05) is 13.7 Å². The maximum atomic E-state index is 11.3. The van der Waals surface area contributed by atoms with Gasteiger partial charge in [-0.2, -0.15) is 0 Å². The minimum absolute atomic E-state index is 0.278. The molecule has 0 saturated heterocycles. The number of methoxy groups -OCH3 is 1. The molecular formula is C9H12O6S2. The summed E-state index contributed by atoms with van der Waals surface area (Å²) >= 11 is 1.41. The minimum atomic E-state index is -3.11. The monoisotopic (exact) mass is 280 g/mol. The van der Waals surface area contributed by atoms with E-state index in [4.69, 9.17) is 22.1 Å². The van der Waals surface area contributed by atoms with Crippen LogP contribution in [0.25, 0.3) is 0 Å². The fourth-order valence-corrected chi connectivity index (χ4v) is 1.89. The van der Waals surface area contributed by atoms with Crippen molar-refractivity contribution in [1.82, 2.24) is 0 Å². The lowest BCUT2D eigenvalue weighted by atomic mass is 10.2. The van der Waals surface area contributed by atoms with Crippen molar-refractivity contribution in [3.05, 3.63) is 16.5 Å². The summed E-state index contributed by atoms with van der Waals surface area (Å²) < 4.78 is 35.3. The summed E-state index contributed by atoms with van der Waals surface area (Å²) in [5, 5.41) is 2.52. The van der Waals surface area contributed by atoms with Crippen LogP contribution in [0.3, 0.4) is 0 Å². The van der Waals surface area contributed by atoms with E-state index in [0.29, 0.717) is 12.2 Å². The number of hydrogen-bond donors (Lipinski definition) is 0. The number of carbonyl (C=O) groups is 1. The summed E-state index contributed by atoms with van der Waals surface area (Å²) in [5.41, 5.74) is 1.45. The van der Waals surface area contributed by atoms with Gasteiger partial charge in [0.1, 0.15) is 0 Å². The Labute approximate surface area is 104 Å². The largest absolute Gasteiger partial charge is 0.487 e. The molecule has 8 heteroatoms. The van der Waals surface area contributed by atoms with E-state index in [9.17, 15) is 4.79 Å². The van der Waals surface area contributed by atoms with Crippen molar-refractivity contribution in [3.63, 3.8) is 0 Å². The molecular weight excluding hydrogens is 268 g/mol. The van der Waals surface area contributed by atoms with Crippen molar-refractivity contribution >= 4 is 27.9 Å². The molecule has 96 valence electrons. The molecule has 1 heterocycles. The molecule has 6 nitrogen and oxygen atoms in total. The second kappa shape index (κ2) is 7.80. The highest BCUT2D eigenvalue weighted by atomic mass is 32.2. The van der Waals surface area contributed by atoms with E-state index in [0.717, 1.165) is 10.6 Å². The van der Waals surface area contributed by atoms with Crippen molar-refractivity contribution in [2.24, 2.45) is 0 Å². The average Bonchev–Trinajstić information content (AvgIpc) is 2.59. The lowest BCUT2D eigenvalue weighted by Gasteiger charge is -2.00. The highest BCUT2D eigenvalue weighted by Gasteiger charge is 2.15. The van der Waals surface area contributed by atoms with E-state index in [1.54, 1.807) is 19.4 Å². The van der Waals surface area contributed by atoms with Gasteiger partial charge in [-0.05, 0) is 13.8 Å². The van der Waals surface area contributed by atoms with Gasteiger partial charge in [0, 0.05) is 10.9 Å². The fourth-order valence-electron chi connectivity index (χ4n) is 1.01. The van der Waals surface area contributed by atoms with Gasteiger partial charge < -0.3 is 9.47 Å². The maximum absolute atomic E-state index is 11.3. The van der Waals surface area contributed by atoms with Crippen molar-refractivity contribution in [1.29, 1.82) is 0 Å². The van der Waals surface area contributed by atoms with Gasteiger partial charge >= 0.3 is 16.6 Å². The highest BCUT2D eigenvalue weighted by molar-refractivity contribution is 7.59. The molecule has 0 saturated carbocycles. The molecule has 1 aromatic rings. The van der Waals surface area contributed by atoms with Crippen LogP contribution in [0.5, 0.6) is 5.06 Å². The predicted molar refractivity (Wildman–Crippen MR) is 61.3 cm³/mol. The Morgan fingerprint density at radius 1 is 1.41 bits per heavy atom. The van der Waals surface area contributed by atoms with E-state index < -0.39 is 10.6 Å².